The fraction of sp³-hybridized carbons (Fsp3) is 0.316. The van der Waals surface area contributed by atoms with Crippen LogP contribution < -0.4 is 14.8 Å². The van der Waals surface area contributed by atoms with Gasteiger partial charge in [0, 0.05) is 5.02 Å². The van der Waals surface area contributed by atoms with Crippen molar-refractivity contribution in [1.82, 2.24) is 5.32 Å². The Morgan fingerprint density at radius 2 is 1.72 bits per heavy atom. The number of benzene rings is 2. The van der Waals surface area contributed by atoms with Crippen LogP contribution in [0.1, 0.15) is 42.7 Å². The van der Waals surface area contributed by atoms with Crippen molar-refractivity contribution in [3.05, 3.63) is 57.6 Å². The molecule has 4 nitrogen and oxygen atoms in total. The monoisotopic (exact) mass is 381 g/mol. The Bertz CT molecular complexity index is 749. The van der Waals surface area contributed by atoms with Crippen molar-refractivity contribution in [3.8, 4) is 11.5 Å². The van der Waals surface area contributed by atoms with E-state index in [0.29, 0.717) is 40.3 Å². The average molecular weight is 382 g/mol. The SMILES string of the molecule is CCOc1ccc([C@H](C)NC(=O)c2ccc(Cl)cc2Cl)cc1OCC. The maximum Gasteiger partial charge on any atom is 0.253 e. The first-order valence-corrected chi connectivity index (χ1v) is 8.87. The third-order valence-electron chi connectivity index (χ3n) is 3.59. The van der Waals surface area contributed by atoms with Crippen LogP contribution in [-0.2, 0) is 0 Å². The Hall–Kier alpha value is -1.91. The summed E-state index contributed by atoms with van der Waals surface area (Å²) in [7, 11) is 0. The topological polar surface area (TPSA) is 47.6 Å². The minimum Gasteiger partial charge on any atom is -0.490 e. The lowest BCUT2D eigenvalue weighted by atomic mass is 10.1. The van der Waals surface area contributed by atoms with Crippen LogP contribution in [0.15, 0.2) is 36.4 Å². The number of hydrogen-bond donors (Lipinski definition) is 1. The van der Waals surface area contributed by atoms with E-state index < -0.39 is 0 Å². The van der Waals surface area contributed by atoms with Gasteiger partial charge in [0.05, 0.1) is 29.8 Å². The first kappa shape index (κ1) is 19.4. The van der Waals surface area contributed by atoms with Crippen LogP contribution in [0.4, 0.5) is 0 Å². The summed E-state index contributed by atoms with van der Waals surface area (Å²) >= 11 is 12.0. The number of halogens is 2. The van der Waals surface area contributed by atoms with Crippen molar-refractivity contribution in [2.24, 2.45) is 0 Å². The van der Waals surface area contributed by atoms with Gasteiger partial charge in [-0.3, -0.25) is 4.79 Å². The zero-order valence-corrected chi connectivity index (χ0v) is 15.9. The Morgan fingerprint density at radius 1 is 1.04 bits per heavy atom. The highest BCUT2D eigenvalue weighted by atomic mass is 35.5. The molecule has 2 aromatic rings. The van der Waals surface area contributed by atoms with Crippen LogP contribution in [0.3, 0.4) is 0 Å². The largest absolute Gasteiger partial charge is 0.490 e. The number of hydrogen-bond acceptors (Lipinski definition) is 3. The Kier molecular flexibility index (Phi) is 6.97. The minimum atomic E-state index is -0.263. The highest BCUT2D eigenvalue weighted by Crippen LogP contribution is 2.31. The van der Waals surface area contributed by atoms with E-state index in [1.807, 2.05) is 39.0 Å². The van der Waals surface area contributed by atoms with E-state index in [2.05, 4.69) is 5.32 Å². The highest BCUT2D eigenvalue weighted by molar-refractivity contribution is 6.36. The number of nitrogens with one attached hydrogen (secondary N) is 1. The summed E-state index contributed by atoms with van der Waals surface area (Å²) in [6.07, 6.45) is 0. The molecule has 25 heavy (non-hydrogen) atoms. The lowest BCUT2D eigenvalue weighted by Crippen LogP contribution is -2.26. The molecule has 0 bridgehead atoms. The summed E-state index contributed by atoms with van der Waals surface area (Å²) in [6.45, 7) is 6.82. The van der Waals surface area contributed by atoms with E-state index >= 15 is 0 Å². The molecule has 0 spiro atoms. The molecule has 0 saturated carbocycles. The maximum absolute atomic E-state index is 12.4. The van der Waals surface area contributed by atoms with E-state index in [4.69, 9.17) is 32.7 Å². The first-order valence-electron chi connectivity index (χ1n) is 8.11. The van der Waals surface area contributed by atoms with Crippen molar-refractivity contribution in [1.29, 1.82) is 0 Å². The van der Waals surface area contributed by atoms with Crippen molar-refractivity contribution >= 4 is 29.1 Å². The second kappa shape index (κ2) is 8.97. The van der Waals surface area contributed by atoms with Gasteiger partial charge in [0.1, 0.15) is 0 Å². The molecule has 0 aliphatic heterocycles. The van der Waals surface area contributed by atoms with Gasteiger partial charge in [-0.15, -0.1) is 0 Å². The normalized spacial score (nSPS) is 11.7. The quantitative estimate of drug-likeness (QED) is 0.709. The van der Waals surface area contributed by atoms with E-state index in [1.165, 1.54) is 0 Å². The lowest BCUT2D eigenvalue weighted by molar-refractivity contribution is 0.0940. The molecule has 6 heteroatoms. The average Bonchev–Trinajstić information content (AvgIpc) is 2.56. The number of amides is 1. The van der Waals surface area contributed by atoms with Gasteiger partial charge >= 0.3 is 0 Å². The van der Waals surface area contributed by atoms with E-state index in [1.54, 1.807) is 18.2 Å². The fourth-order valence-electron chi connectivity index (χ4n) is 2.37. The molecule has 0 heterocycles. The van der Waals surface area contributed by atoms with Crippen LogP contribution in [0.5, 0.6) is 11.5 Å². The van der Waals surface area contributed by atoms with Gasteiger partial charge < -0.3 is 14.8 Å². The first-order chi connectivity index (χ1) is 12.0. The highest BCUT2D eigenvalue weighted by Gasteiger charge is 2.16. The summed E-state index contributed by atoms with van der Waals surface area (Å²) in [4.78, 5) is 12.4. The van der Waals surface area contributed by atoms with Gasteiger partial charge in [-0.05, 0) is 56.7 Å². The van der Waals surface area contributed by atoms with Crippen molar-refractivity contribution < 1.29 is 14.3 Å². The van der Waals surface area contributed by atoms with Crippen LogP contribution >= 0.6 is 23.2 Å². The van der Waals surface area contributed by atoms with Crippen LogP contribution in [0, 0.1) is 0 Å². The van der Waals surface area contributed by atoms with Crippen LogP contribution in [-0.4, -0.2) is 19.1 Å². The van der Waals surface area contributed by atoms with Gasteiger partial charge in [0.15, 0.2) is 11.5 Å². The van der Waals surface area contributed by atoms with Crippen LogP contribution in [0.2, 0.25) is 10.0 Å². The van der Waals surface area contributed by atoms with Crippen molar-refractivity contribution in [2.45, 2.75) is 26.8 Å². The number of ether oxygens (including phenoxy) is 2. The number of carbonyl (C=O) groups excluding carboxylic acids is 1. The standard InChI is InChI=1S/C19H21Cl2NO3/c1-4-24-17-9-6-13(10-18(17)25-5-2)12(3)22-19(23)15-8-7-14(20)11-16(15)21/h6-12H,4-5H2,1-3H3,(H,22,23)/t12-/m0/s1. The van der Waals surface area contributed by atoms with Gasteiger partial charge in [0.25, 0.3) is 5.91 Å². The van der Waals surface area contributed by atoms with E-state index in [-0.39, 0.29) is 11.9 Å². The molecule has 0 saturated heterocycles. The van der Waals surface area contributed by atoms with Gasteiger partial charge in [-0.25, -0.2) is 0 Å². The van der Waals surface area contributed by atoms with Gasteiger partial charge in [0.2, 0.25) is 0 Å². The minimum absolute atomic E-state index is 0.228. The smallest absolute Gasteiger partial charge is 0.253 e. The molecule has 1 amide bonds. The van der Waals surface area contributed by atoms with E-state index in [9.17, 15) is 4.79 Å². The molecule has 2 aromatic carbocycles. The second-order valence-electron chi connectivity index (χ2n) is 5.39. The third-order valence-corrected chi connectivity index (χ3v) is 4.14. The summed E-state index contributed by atoms with van der Waals surface area (Å²) in [5.41, 5.74) is 1.29. The second-order valence-corrected chi connectivity index (χ2v) is 6.24. The molecule has 134 valence electrons. The Balaban J connectivity index is 2.18. The maximum atomic E-state index is 12.4. The molecule has 0 aliphatic carbocycles. The van der Waals surface area contributed by atoms with Crippen LogP contribution in [0.25, 0.3) is 0 Å². The lowest BCUT2D eigenvalue weighted by Gasteiger charge is -2.18. The predicted octanol–water partition coefficient (Wildman–Crippen LogP) is 5.28. The Labute approximate surface area is 158 Å². The zero-order valence-electron chi connectivity index (χ0n) is 14.4. The fourth-order valence-corrected chi connectivity index (χ4v) is 2.86. The van der Waals surface area contributed by atoms with Crippen molar-refractivity contribution in [2.75, 3.05) is 13.2 Å². The summed E-state index contributed by atoms with van der Waals surface area (Å²) in [5, 5.41) is 3.74. The van der Waals surface area contributed by atoms with Gasteiger partial charge in [-0.2, -0.15) is 0 Å². The molecular formula is C19H21Cl2NO3. The molecular weight excluding hydrogens is 361 g/mol. The number of rotatable bonds is 7. The molecule has 0 radical (unpaired) electrons. The Morgan fingerprint density at radius 3 is 2.36 bits per heavy atom. The predicted molar refractivity (Wildman–Crippen MR) is 101 cm³/mol. The molecule has 0 unspecified atom stereocenters. The molecule has 1 atom stereocenters. The molecule has 2 rings (SSSR count). The van der Waals surface area contributed by atoms with Crippen molar-refractivity contribution in [3.63, 3.8) is 0 Å². The number of carbonyl (C=O) groups is 1. The molecule has 0 aromatic heterocycles. The summed E-state index contributed by atoms with van der Waals surface area (Å²) in [5.74, 6) is 1.08. The third kappa shape index (κ3) is 5.03. The zero-order chi connectivity index (χ0) is 18.4. The summed E-state index contributed by atoms with van der Waals surface area (Å²) < 4.78 is 11.2. The van der Waals surface area contributed by atoms with Gasteiger partial charge in [-0.1, -0.05) is 29.3 Å². The molecule has 0 fully saturated rings. The molecule has 1 N–H and O–H groups in total. The summed E-state index contributed by atoms with van der Waals surface area (Å²) in [6, 6.07) is 10.2. The van der Waals surface area contributed by atoms with E-state index in [0.717, 1.165) is 5.56 Å². The molecule has 0 aliphatic rings.